The van der Waals surface area contributed by atoms with Crippen molar-refractivity contribution in [3.05, 3.63) is 57.0 Å². The van der Waals surface area contributed by atoms with Crippen LogP contribution in [0.2, 0.25) is 15.1 Å². The van der Waals surface area contributed by atoms with Gasteiger partial charge in [-0.05, 0) is 30.3 Å². The molecule has 19 heavy (non-hydrogen) atoms. The molecule has 98 valence electrons. The SMILES string of the molecule is Nc1cc(Cl)ccc1NC(=O)c1cccc(Cl)c1Cl. The van der Waals surface area contributed by atoms with E-state index in [2.05, 4.69) is 5.32 Å². The lowest BCUT2D eigenvalue weighted by molar-refractivity contribution is 0.102. The zero-order chi connectivity index (χ0) is 14.0. The molecule has 0 saturated carbocycles. The lowest BCUT2D eigenvalue weighted by Gasteiger charge is -2.10. The van der Waals surface area contributed by atoms with Crippen LogP contribution >= 0.6 is 34.8 Å². The summed E-state index contributed by atoms with van der Waals surface area (Å²) in [5.41, 5.74) is 6.88. The zero-order valence-corrected chi connectivity index (χ0v) is 11.9. The maximum absolute atomic E-state index is 12.1. The highest BCUT2D eigenvalue weighted by atomic mass is 35.5. The molecule has 3 nitrogen and oxygen atoms in total. The lowest BCUT2D eigenvalue weighted by Crippen LogP contribution is -2.13. The quantitative estimate of drug-likeness (QED) is 0.803. The topological polar surface area (TPSA) is 55.1 Å². The van der Waals surface area contributed by atoms with Gasteiger partial charge in [-0.15, -0.1) is 0 Å². The third-order valence-electron chi connectivity index (χ3n) is 2.46. The van der Waals surface area contributed by atoms with E-state index in [4.69, 9.17) is 40.5 Å². The molecule has 2 aromatic carbocycles. The monoisotopic (exact) mass is 314 g/mol. The van der Waals surface area contributed by atoms with Crippen LogP contribution in [0.25, 0.3) is 0 Å². The molecule has 0 fully saturated rings. The first kappa shape index (κ1) is 14.0. The second kappa shape index (κ2) is 5.70. The van der Waals surface area contributed by atoms with Gasteiger partial charge in [-0.1, -0.05) is 40.9 Å². The van der Waals surface area contributed by atoms with Crippen molar-refractivity contribution < 1.29 is 4.79 Å². The molecule has 3 N–H and O–H groups in total. The van der Waals surface area contributed by atoms with E-state index in [-0.39, 0.29) is 16.5 Å². The van der Waals surface area contributed by atoms with Crippen molar-refractivity contribution >= 4 is 52.1 Å². The summed E-state index contributed by atoms with van der Waals surface area (Å²) in [6, 6.07) is 9.64. The maximum atomic E-state index is 12.1. The first-order chi connectivity index (χ1) is 8.99. The zero-order valence-electron chi connectivity index (χ0n) is 9.58. The molecular formula is C13H9Cl3N2O. The minimum Gasteiger partial charge on any atom is -0.397 e. The number of carbonyl (C=O) groups excluding carboxylic acids is 1. The third-order valence-corrected chi connectivity index (χ3v) is 3.51. The average molecular weight is 316 g/mol. The fourth-order valence-electron chi connectivity index (χ4n) is 1.52. The summed E-state index contributed by atoms with van der Waals surface area (Å²) < 4.78 is 0. The van der Waals surface area contributed by atoms with Gasteiger partial charge in [-0.2, -0.15) is 0 Å². The molecule has 1 amide bonds. The van der Waals surface area contributed by atoms with Crippen LogP contribution in [-0.2, 0) is 0 Å². The number of halogens is 3. The van der Waals surface area contributed by atoms with Gasteiger partial charge in [-0.25, -0.2) is 0 Å². The predicted molar refractivity (Wildman–Crippen MR) is 80.3 cm³/mol. The number of rotatable bonds is 2. The summed E-state index contributed by atoms with van der Waals surface area (Å²) in [5, 5.41) is 3.67. The van der Waals surface area contributed by atoms with Crippen LogP contribution in [0.4, 0.5) is 11.4 Å². The van der Waals surface area contributed by atoms with E-state index in [9.17, 15) is 4.79 Å². The van der Waals surface area contributed by atoms with Crippen molar-refractivity contribution in [1.29, 1.82) is 0 Å². The summed E-state index contributed by atoms with van der Waals surface area (Å²) in [5.74, 6) is -0.387. The first-order valence-electron chi connectivity index (χ1n) is 5.29. The Morgan fingerprint density at radius 2 is 1.84 bits per heavy atom. The molecular weight excluding hydrogens is 307 g/mol. The largest absolute Gasteiger partial charge is 0.397 e. The Bertz CT molecular complexity index is 644. The Hall–Kier alpha value is -1.42. The Balaban J connectivity index is 2.28. The number of hydrogen-bond donors (Lipinski definition) is 2. The van der Waals surface area contributed by atoms with E-state index in [1.807, 2.05) is 0 Å². The molecule has 0 atom stereocenters. The third kappa shape index (κ3) is 3.13. The molecule has 2 aromatic rings. The summed E-state index contributed by atoms with van der Waals surface area (Å²) >= 11 is 17.6. The first-order valence-corrected chi connectivity index (χ1v) is 6.43. The van der Waals surface area contributed by atoms with E-state index in [1.165, 1.54) is 0 Å². The van der Waals surface area contributed by atoms with Crippen LogP contribution in [0.1, 0.15) is 10.4 Å². The number of amides is 1. The van der Waals surface area contributed by atoms with Gasteiger partial charge >= 0.3 is 0 Å². The molecule has 0 spiro atoms. The number of benzene rings is 2. The van der Waals surface area contributed by atoms with Gasteiger partial charge in [-0.3, -0.25) is 4.79 Å². The molecule has 0 heterocycles. The van der Waals surface area contributed by atoms with Gasteiger partial charge in [0.05, 0.1) is 27.0 Å². The minimum absolute atomic E-state index is 0.203. The van der Waals surface area contributed by atoms with E-state index < -0.39 is 0 Å². The fraction of sp³-hybridized carbons (Fsp3) is 0. The van der Waals surface area contributed by atoms with Crippen molar-refractivity contribution in [2.45, 2.75) is 0 Å². The maximum Gasteiger partial charge on any atom is 0.257 e. The van der Waals surface area contributed by atoms with Crippen molar-refractivity contribution in [2.24, 2.45) is 0 Å². The lowest BCUT2D eigenvalue weighted by atomic mass is 10.2. The smallest absolute Gasteiger partial charge is 0.257 e. The highest BCUT2D eigenvalue weighted by Crippen LogP contribution is 2.28. The molecule has 0 bridgehead atoms. The predicted octanol–water partition coefficient (Wildman–Crippen LogP) is 4.48. The molecule has 0 saturated heterocycles. The van der Waals surface area contributed by atoms with Crippen molar-refractivity contribution in [3.63, 3.8) is 0 Å². The van der Waals surface area contributed by atoms with E-state index >= 15 is 0 Å². The normalized spacial score (nSPS) is 10.3. The van der Waals surface area contributed by atoms with Crippen molar-refractivity contribution in [2.75, 3.05) is 11.1 Å². The second-order valence-electron chi connectivity index (χ2n) is 3.79. The fourth-order valence-corrected chi connectivity index (χ4v) is 2.08. The molecule has 0 aliphatic heterocycles. The van der Waals surface area contributed by atoms with Crippen molar-refractivity contribution in [3.8, 4) is 0 Å². The Kier molecular flexibility index (Phi) is 4.20. The van der Waals surface area contributed by atoms with Gasteiger partial charge in [0.2, 0.25) is 0 Å². The molecule has 6 heteroatoms. The number of anilines is 2. The van der Waals surface area contributed by atoms with Crippen LogP contribution in [0.5, 0.6) is 0 Å². The van der Waals surface area contributed by atoms with E-state index in [0.29, 0.717) is 21.4 Å². The molecule has 2 rings (SSSR count). The number of hydrogen-bond acceptors (Lipinski definition) is 2. The number of nitrogen functional groups attached to an aromatic ring is 1. The van der Waals surface area contributed by atoms with E-state index in [0.717, 1.165) is 0 Å². The highest BCUT2D eigenvalue weighted by molar-refractivity contribution is 6.44. The molecule has 0 unspecified atom stereocenters. The Morgan fingerprint density at radius 3 is 2.53 bits per heavy atom. The molecule has 0 radical (unpaired) electrons. The van der Waals surface area contributed by atoms with Gasteiger partial charge in [0.25, 0.3) is 5.91 Å². The van der Waals surface area contributed by atoms with Crippen LogP contribution in [0.15, 0.2) is 36.4 Å². The van der Waals surface area contributed by atoms with Crippen LogP contribution < -0.4 is 11.1 Å². The number of nitrogens with two attached hydrogens (primary N) is 1. The second-order valence-corrected chi connectivity index (χ2v) is 5.01. The average Bonchev–Trinajstić information content (AvgIpc) is 2.36. The van der Waals surface area contributed by atoms with Crippen LogP contribution in [0.3, 0.4) is 0 Å². The van der Waals surface area contributed by atoms with E-state index in [1.54, 1.807) is 36.4 Å². The summed E-state index contributed by atoms with van der Waals surface area (Å²) in [7, 11) is 0. The molecule has 0 aromatic heterocycles. The van der Waals surface area contributed by atoms with Crippen LogP contribution in [0, 0.1) is 0 Å². The Morgan fingerprint density at radius 1 is 1.11 bits per heavy atom. The summed E-state index contributed by atoms with van der Waals surface area (Å²) in [6.07, 6.45) is 0. The van der Waals surface area contributed by atoms with Gasteiger partial charge < -0.3 is 11.1 Å². The van der Waals surface area contributed by atoms with Gasteiger partial charge in [0, 0.05) is 5.02 Å². The standard InChI is InChI=1S/C13H9Cl3N2O/c14-7-4-5-11(10(17)6-7)18-13(19)8-2-1-3-9(15)12(8)16/h1-6H,17H2,(H,18,19). The van der Waals surface area contributed by atoms with Crippen LogP contribution in [-0.4, -0.2) is 5.91 Å². The molecule has 0 aliphatic rings. The molecule has 0 aliphatic carbocycles. The number of nitrogens with one attached hydrogen (secondary N) is 1. The van der Waals surface area contributed by atoms with Gasteiger partial charge in [0.15, 0.2) is 0 Å². The van der Waals surface area contributed by atoms with Gasteiger partial charge in [0.1, 0.15) is 0 Å². The Labute approximate surface area is 125 Å². The van der Waals surface area contributed by atoms with Crippen molar-refractivity contribution in [1.82, 2.24) is 0 Å². The summed E-state index contributed by atoms with van der Waals surface area (Å²) in [6.45, 7) is 0. The summed E-state index contributed by atoms with van der Waals surface area (Å²) in [4.78, 5) is 12.1. The highest BCUT2D eigenvalue weighted by Gasteiger charge is 2.13. The minimum atomic E-state index is -0.387. The number of carbonyl (C=O) groups is 1.